The summed E-state index contributed by atoms with van der Waals surface area (Å²) < 4.78 is 0. The molecule has 0 aromatic carbocycles. The Bertz CT molecular complexity index is 259. The van der Waals surface area contributed by atoms with Gasteiger partial charge in [0, 0.05) is 46.2 Å². The van der Waals surface area contributed by atoms with Crippen LogP contribution >= 0.6 is 0 Å². The maximum atomic E-state index is 10.8. The zero-order valence-corrected chi connectivity index (χ0v) is 9.55. The first kappa shape index (κ1) is 12.0. The van der Waals surface area contributed by atoms with Crippen molar-refractivity contribution < 1.29 is 4.79 Å². The number of hydrogen-bond donors (Lipinski definition) is 1. The van der Waals surface area contributed by atoms with Gasteiger partial charge in [0.15, 0.2) is 0 Å². The Morgan fingerprint density at radius 2 is 2.00 bits per heavy atom. The molecule has 1 N–H and O–H groups in total. The van der Waals surface area contributed by atoms with Crippen LogP contribution in [0.25, 0.3) is 0 Å². The molecule has 1 fully saturated rings. The van der Waals surface area contributed by atoms with E-state index in [1.165, 1.54) is 0 Å². The summed E-state index contributed by atoms with van der Waals surface area (Å²) in [5.74, 6) is 5.22. The van der Waals surface area contributed by atoms with Gasteiger partial charge in [0.1, 0.15) is 0 Å². The fourth-order valence-electron chi connectivity index (χ4n) is 1.49. The first-order valence-electron chi connectivity index (χ1n) is 5.34. The van der Waals surface area contributed by atoms with Crippen LogP contribution in [-0.2, 0) is 4.79 Å². The molecular weight excluding hydrogens is 190 g/mol. The maximum Gasteiger partial charge on any atom is 0.295 e. The fourth-order valence-corrected chi connectivity index (χ4v) is 1.49. The summed E-state index contributed by atoms with van der Waals surface area (Å²) in [5.41, 5.74) is 0. The predicted octanol–water partition coefficient (Wildman–Crippen LogP) is -0.627. The van der Waals surface area contributed by atoms with Crippen molar-refractivity contribution in [1.82, 2.24) is 15.1 Å². The Kier molecular flexibility index (Phi) is 5.16. The van der Waals surface area contributed by atoms with Gasteiger partial charge in [0.25, 0.3) is 5.91 Å². The van der Waals surface area contributed by atoms with E-state index in [4.69, 9.17) is 0 Å². The van der Waals surface area contributed by atoms with Crippen molar-refractivity contribution in [2.24, 2.45) is 0 Å². The summed E-state index contributed by atoms with van der Waals surface area (Å²) >= 11 is 0. The van der Waals surface area contributed by atoms with Gasteiger partial charge in [-0.15, -0.1) is 0 Å². The Morgan fingerprint density at radius 3 is 2.60 bits per heavy atom. The minimum Gasteiger partial charge on any atom is -0.348 e. The highest BCUT2D eigenvalue weighted by atomic mass is 16.1. The molecule has 4 heteroatoms. The first-order chi connectivity index (χ1) is 7.22. The molecule has 0 bridgehead atoms. The molecule has 0 spiro atoms. The Labute approximate surface area is 91.6 Å². The summed E-state index contributed by atoms with van der Waals surface area (Å²) in [7, 11) is 3.74. The van der Waals surface area contributed by atoms with Crippen molar-refractivity contribution in [3.8, 4) is 11.8 Å². The van der Waals surface area contributed by atoms with Crippen LogP contribution in [0.15, 0.2) is 0 Å². The van der Waals surface area contributed by atoms with E-state index in [0.29, 0.717) is 0 Å². The number of hydrogen-bond acceptors (Lipinski definition) is 3. The average molecular weight is 209 g/mol. The van der Waals surface area contributed by atoms with Crippen molar-refractivity contribution in [2.45, 2.75) is 6.42 Å². The van der Waals surface area contributed by atoms with Gasteiger partial charge in [0.2, 0.25) is 0 Å². The fraction of sp³-hybridized carbons (Fsp3) is 0.727. The summed E-state index contributed by atoms with van der Waals surface area (Å²) in [6.07, 6.45) is 0.775. The number of piperazine rings is 1. The lowest BCUT2D eigenvalue weighted by atomic mass is 10.3. The predicted molar refractivity (Wildman–Crippen MR) is 60.4 cm³/mol. The van der Waals surface area contributed by atoms with Crippen LogP contribution in [0.3, 0.4) is 0 Å². The van der Waals surface area contributed by atoms with E-state index in [9.17, 15) is 4.79 Å². The van der Waals surface area contributed by atoms with Gasteiger partial charge in [-0.2, -0.15) is 0 Å². The number of rotatable bonds is 2. The molecule has 15 heavy (non-hydrogen) atoms. The Hall–Kier alpha value is -1.05. The van der Waals surface area contributed by atoms with E-state index in [-0.39, 0.29) is 5.91 Å². The van der Waals surface area contributed by atoms with Gasteiger partial charge in [-0.05, 0) is 13.0 Å². The molecule has 0 saturated carbocycles. The number of nitrogens with zero attached hydrogens (tertiary/aromatic N) is 2. The molecule has 4 nitrogen and oxygen atoms in total. The van der Waals surface area contributed by atoms with E-state index < -0.39 is 0 Å². The SMILES string of the molecule is CNC(=O)C#CCCN1CCN(C)CC1. The smallest absolute Gasteiger partial charge is 0.295 e. The molecule has 84 valence electrons. The molecule has 0 aliphatic carbocycles. The normalized spacial score (nSPS) is 18.0. The lowest BCUT2D eigenvalue weighted by Crippen LogP contribution is -2.44. The third-order valence-electron chi connectivity index (χ3n) is 2.58. The summed E-state index contributed by atoms with van der Waals surface area (Å²) in [4.78, 5) is 15.5. The number of carbonyl (C=O) groups excluding carboxylic acids is 1. The Morgan fingerprint density at radius 1 is 1.33 bits per heavy atom. The number of carbonyl (C=O) groups is 1. The van der Waals surface area contributed by atoms with Crippen LogP contribution in [-0.4, -0.2) is 62.5 Å². The van der Waals surface area contributed by atoms with Gasteiger partial charge in [-0.25, -0.2) is 0 Å². The van der Waals surface area contributed by atoms with E-state index in [1.54, 1.807) is 7.05 Å². The van der Waals surface area contributed by atoms with Crippen molar-refractivity contribution in [3.63, 3.8) is 0 Å². The van der Waals surface area contributed by atoms with Crippen LogP contribution in [0.5, 0.6) is 0 Å². The molecule has 0 unspecified atom stereocenters. The molecule has 0 radical (unpaired) electrons. The molecular formula is C11H19N3O. The van der Waals surface area contributed by atoms with Crippen molar-refractivity contribution in [3.05, 3.63) is 0 Å². The van der Waals surface area contributed by atoms with Crippen LogP contribution in [0.2, 0.25) is 0 Å². The minimum absolute atomic E-state index is 0.201. The van der Waals surface area contributed by atoms with E-state index in [1.807, 2.05) is 0 Å². The molecule has 1 saturated heterocycles. The molecule has 1 aliphatic heterocycles. The summed E-state index contributed by atoms with van der Waals surface area (Å²) in [5, 5.41) is 2.48. The quantitative estimate of drug-likeness (QED) is 0.615. The van der Waals surface area contributed by atoms with Crippen molar-refractivity contribution in [2.75, 3.05) is 46.8 Å². The monoisotopic (exact) mass is 209 g/mol. The molecule has 0 atom stereocenters. The topological polar surface area (TPSA) is 35.6 Å². The zero-order valence-electron chi connectivity index (χ0n) is 9.55. The zero-order chi connectivity index (χ0) is 11.1. The third-order valence-corrected chi connectivity index (χ3v) is 2.58. The third kappa shape index (κ3) is 4.82. The van der Waals surface area contributed by atoms with Gasteiger partial charge in [0.05, 0.1) is 0 Å². The second kappa shape index (κ2) is 6.44. The molecule has 1 aliphatic rings. The first-order valence-corrected chi connectivity index (χ1v) is 5.34. The molecule has 0 aromatic rings. The van der Waals surface area contributed by atoms with Crippen LogP contribution < -0.4 is 5.32 Å². The molecule has 1 heterocycles. The Balaban J connectivity index is 2.14. The van der Waals surface area contributed by atoms with Crippen molar-refractivity contribution >= 4 is 5.91 Å². The minimum atomic E-state index is -0.201. The average Bonchev–Trinajstić information content (AvgIpc) is 2.26. The standard InChI is InChI=1S/C11H19N3O/c1-12-11(15)5-3-4-6-14-9-7-13(2)8-10-14/h4,6-10H2,1-2H3,(H,12,15). The van der Waals surface area contributed by atoms with Crippen molar-refractivity contribution in [1.29, 1.82) is 0 Å². The van der Waals surface area contributed by atoms with E-state index in [0.717, 1.165) is 39.1 Å². The molecule has 1 rings (SSSR count). The van der Waals surface area contributed by atoms with Crippen LogP contribution in [0, 0.1) is 11.8 Å². The molecule has 0 aromatic heterocycles. The van der Waals surface area contributed by atoms with Crippen LogP contribution in [0.1, 0.15) is 6.42 Å². The lowest BCUT2D eigenvalue weighted by molar-refractivity contribution is -0.115. The van der Waals surface area contributed by atoms with Gasteiger partial charge < -0.3 is 10.2 Å². The van der Waals surface area contributed by atoms with Gasteiger partial charge in [-0.1, -0.05) is 5.92 Å². The van der Waals surface area contributed by atoms with E-state index >= 15 is 0 Å². The van der Waals surface area contributed by atoms with Crippen LogP contribution in [0.4, 0.5) is 0 Å². The second-order valence-electron chi connectivity index (χ2n) is 3.78. The number of likely N-dealkylation sites (N-methyl/N-ethyl adjacent to an activating group) is 1. The maximum absolute atomic E-state index is 10.8. The highest BCUT2D eigenvalue weighted by Gasteiger charge is 2.12. The number of nitrogens with one attached hydrogen (secondary N) is 1. The summed E-state index contributed by atoms with van der Waals surface area (Å²) in [6.45, 7) is 5.44. The molecule has 1 amide bonds. The lowest BCUT2D eigenvalue weighted by Gasteiger charge is -2.31. The van der Waals surface area contributed by atoms with E-state index in [2.05, 4.69) is 34.0 Å². The summed E-state index contributed by atoms with van der Waals surface area (Å²) in [6, 6.07) is 0. The highest BCUT2D eigenvalue weighted by Crippen LogP contribution is 1.99. The number of amides is 1. The second-order valence-corrected chi connectivity index (χ2v) is 3.78. The van der Waals surface area contributed by atoms with Gasteiger partial charge in [-0.3, -0.25) is 9.69 Å². The van der Waals surface area contributed by atoms with Gasteiger partial charge >= 0.3 is 0 Å². The highest BCUT2D eigenvalue weighted by molar-refractivity contribution is 5.93. The largest absolute Gasteiger partial charge is 0.348 e.